The number of hydrogen-bond acceptors (Lipinski definition) is 4. The molecule has 0 spiro atoms. The van der Waals surface area contributed by atoms with Crippen molar-refractivity contribution in [1.82, 2.24) is 0 Å². The molecule has 0 heterocycles. The van der Waals surface area contributed by atoms with Crippen LogP contribution in [0.25, 0.3) is 0 Å². The van der Waals surface area contributed by atoms with Gasteiger partial charge in [0.2, 0.25) is 0 Å². The van der Waals surface area contributed by atoms with Crippen LogP contribution < -0.4 is 5.73 Å². The van der Waals surface area contributed by atoms with Crippen LogP contribution in [0.15, 0.2) is 53.3 Å². The van der Waals surface area contributed by atoms with E-state index in [1.165, 1.54) is 0 Å². The molecule has 23 heavy (non-hydrogen) atoms. The number of rotatable bonds is 1. The van der Waals surface area contributed by atoms with Crippen molar-refractivity contribution in [3.05, 3.63) is 58.8 Å². The molecule has 0 saturated carbocycles. The van der Waals surface area contributed by atoms with Crippen LogP contribution in [0.3, 0.4) is 0 Å². The SMILES string of the molecule is N#CC1=C(N)C(C#N)(C#N)[C@H](c2ccccc2)C2CCCC=C12. The van der Waals surface area contributed by atoms with Crippen LogP contribution in [0.4, 0.5) is 0 Å². The highest BCUT2D eigenvalue weighted by molar-refractivity contribution is 5.59. The standard InChI is InChI=1S/C19H16N4/c20-10-16-14-8-4-5-9-15(14)17(13-6-2-1-3-7-13)19(11-21,12-22)18(16)23/h1-3,6-8,15,17H,4-5,9,23H2/t15?,17-/m1/s1. The molecule has 1 aromatic carbocycles. The minimum atomic E-state index is -1.49. The lowest BCUT2D eigenvalue weighted by atomic mass is 9.57. The summed E-state index contributed by atoms with van der Waals surface area (Å²) in [5.74, 6) is -0.366. The molecule has 3 rings (SSSR count). The Kier molecular flexibility index (Phi) is 3.65. The first-order valence-electron chi connectivity index (χ1n) is 7.67. The maximum atomic E-state index is 9.83. The van der Waals surface area contributed by atoms with E-state index in [0.29, 0.717) is 5.57 Å². The van der Waals surface area contributed by atoms with Crippen molar-refractivity contribution in [1.29, 1.82) is 15.8 Å². The minimum absolute atomic E-state index is 0.0209. The summed E-state index contributed by atoms with van der Waals surface area (Å²) >= 11 is 0. The van der Waals surface area contributed by atoms with E-state index in [0.717, 1.165) is 30.4 Å². The average Bonchev–Trinajstić information content (AvgIpc) is 2.61. The molecule has 4 nitrogen and oxygen atoms in total. The Morgan fingerprint density at radius 1 is 1.09 bits per heavy atom. The van der Waals surface area contributed by atoms with E-state index in [-0.39, 0.29) is 17.5 Å². The number of benzene rings is 1. The van der Waals surface area contributed by atoms with E-state index >= 15 is 0 Å². The number of fused-ring (bicyclic) bond motifs is 1. The van der Waals surface area contributed by atoms with Gasteiger partial charge in [-0.1, -0.05) is 36.4 Å². The normalized spacial score (nSPS) is 25.3. The summed E-state index contributed by atoms with van der Waals surface area (Å²) in [6, 6.07) is 16.0. The lowest BCUT2D eigenvalue weighted by molar-refractivity contribution is 0.317. The van der Waals surface area contributed by atoms with Crippen LogP contribution in [-0.2, 0) is 0 Å². The van der Waals surface area contributed by atoms with E-state index < -0.39 is 5.41 Å². The Morgan fingerprint density at radius 3 is 2.39 bits per heavy atom. The molecule has 0 saturated heterocycles. The zero-order valence-corrected chi connectivity index (χ0v) is 12.7. The molecule has 4 heteroatoms. The maximum absolute atomic E-state index is 9.83. The van der Waals surface area contributed by atoms with Gasteiger partial charge in [0.25, 0.3) is 0 Å². The van der Waals surface area contributed by atoms with Crippen LogP contribution in [0.1, 0.15) is 30.7 Å². The molecule has 0 radical (unpaired) electrons. The van der Waals surface area contributed by atoms with Gasteiger partial charge < -0.3 is 5.73 Å². The third-order valence-electron chi connectivity index (χ3n) is 4.96. The smallest absolute Gasteiger partial charge is 0.191 e. The third kappa shape index (κ3) is 2.02. The zero-order valence-electron chi connectivity index (χ0n) is 12.7. The number of nitrogens with two attached hydrogens (primary N) is 1. The summed E-state index contributed by atoms with van der Waals surface area (Å²) in [5, 5.41) is 29.2. The number of nitriles is 3. The lowest BCUT2D eigenvalue weighted by Crippen LogP contribution is -2.42. The third-order valence-corrected chi connectivity index (χ3v) is 4.96. The predicted octanol–water partition coefficient (Wildman–Crippen LogP) is 3.28. The van der Waals surface area contributed by atoms with Gasteiger partial charge in [-0.25, -0.2) is 0 Å². The molecule has 2 aliphatic rings. The number of nitrogens with zero attached hydrogens (tertiary/aromatic N) is 3. The highest BCUT2D eigenvalue weighted by atomic mass is 14.7. The van der Waals surface area contributed by atoms with Crippen molar-refractivity contribution in [2.24, 2.45) is 17.1 Å². The van der Waals surface area contributed by atoms with Gasteiger partial charge in [0.15, 0.2) is 5.41 Å². The second kappa shape index (κ2) is 5.64. The van der Waals surface area contributed by atoms with Crippen molar-refractivity contribution >= 4 is 0 Å². The molecule has 2 N–H and O–H groups in total. The van der Waals surface area contributed by atoms with Gasteiger partial charge in [0.05, 0.1) is 23.4 Å². The molecular formula is C19H16N4. The summed E-state index contributed by atoms with van der Waals surface area (Å²) in [6.07, 6.45) is 4.80. The molecule has 0 aromatic heterocycles. The van der Waals surface area contributed by atoms with Crippen LogP contribution in [0.2, 0.25) is 0 Å². The fourth-order valence-corrected chi connectivity index (χ4v) is 3.91. The van der Waals surface area contributed by atoms with Crippen LogP contribution in [0.5, 0.6) is 0 Å². The summed E-state index contributed by atoms with van der Waals surface area (Å²) in [6.45, 7) is 0. The van der Waals surface area contributed by atoms with E-state index in [2.05, 4.69) is 18.2 Å². The van der Waals surface area contributed by atoms with Gasteiger partial charge >= 0.3 is 0 Å². The minimum Gasteiger partial charge on any atom is -0.399 e. The highest BCUT2D eigenvalue weighted by Crippen LogP contribution is 2.55. The van der Waals surface area contributed by atoms with Gasteiger partial charge in [0, 0.05) is 5.92 Å². The first kappa shape index (κ1) is 14.9. The van der Waals surface area contributed by atoms with Gasteiger partial charge in [-0.2, -0.15) is 15.8 Å². The van der Waals surface area contributed by atoms with Crippen molar-refractivity contribution in [2.45, 2.75) is 25.2 Å². The van der Waals surface area contributed by atoms with Crippen molar-refractivity contribution in [3.63, 3.8) is 0 Å². The van der Waals surface area contributed by atoms with Crippen LogP contribution in [-0.4, -0.2) is 0 Å². The lowest BCUT2D eigenvalue weighted by Gasteiger charge is -2.43. The van der Waals surface area contributed by atoms with Crippen LogP contribution in [0, 0.1) is 45.3 Å². The van der Waals surface area contributed by atoms with Crippen molar-refractivity contribution in [3.8, 4) is 18.2 Å². The van der Waals surface area contributed by atoms with Gasteiger partial charge in [0.1, 0.15) is 6.07 Å². The summed E-state index contributed by atoms with van der Waals surface area (Å²) < 4.78 is 0. The number of allylic oxidation sites excluding steroid dienone is 4. The first-order chi connectivity index (χ1) is 11.2. The molecule has 2 atom stereocenters. The molecule has 1 aromatic rings. The van der Waals surface area contributed by atoms with E-state index in [1.54, 1.807) is 0 Å². The molecule has 2 aliphatic carbocycles. The predicted molar refractivity (Wildman–Crippen MR) is 85.1 cm³/mol. The molecule has 0 amide bonds. The zero-order chi connectivity index (χ0) is 16.4. The highest BCUT2D eigenvalue weighted by Gasteiger charge is 2.53. The average molecular weight is 300 g/mol. The molecule has 0 aliphatic heterocycles. The monoisotopic (exact) mass is 300 g/mol. The van der Waals surface area contributed by atoms with Gasteiger partial charge in [-0.3, -0.25) is 0 Å². The van der Waals surface area contributed by atoms with E-state index in [1.807, 2.05) is 36.4 Å². The summed E-state index contributed by atoms with van der Waals surface area (Å²) in [5.41, 5.74) is 6.96. The topological polar surface area (TPSA) is 97.4 Å². The Morgan fingerprint density at radius 2 is 1.78 bits per heavy atom. The van der Waals surface area contributed by atoms with Gasteiger partial charge in [-0.05, 0) is 36.3 Å². The molecule has 0 fully saturated rings. The first-order valence-corrected chi connectivity index (χ1v) is 7.67. The largest absolute Gasteiger partial charge is 0.399 e. The van der Waals surface area contributed by atoms with Crippen molar-refractivity contribution in [2.75, 3.05) is 0 Å². The number of hydrogen-bond donors (Lipinski definition) is 1. The Hall–Kier alpha value is -3.03. The van der Waals surface area contributed by atoms with Crippen LogP contribution >= 0.6 is 0 Å². The quantitative estimate of drug-likeness (QED) is 0.860. The van der Waals surface area contributed by atoms with Gasteiger partial charge in [-0.15, -0.1) is 0 Å². The Balaban J connectivity index is 2.33. The summed E-state index contributed by atoms with van der Waals surface area (Å²) in [4.78, 5) is 0. The summed E-state index contributed by atoms with van der Waals surface area (Å²) in [7, 11) is 0. The second-order valence-electron chi connectivity index (χ2n) is 6.02. The second-order valence-corrected chi connectivity index (χ2v) is 6.02. The Bertz CT molecular complexity index is 798. The molecular weight excluding hydrogens is 284 g/mol. The van der Waals surface area contributed by atoms with E-state index in [4.69, 9.17) is 5.73 Å². The maximum Gasteiger partial charge on any atom is 0.191 e. The fourth-order valence-electron chi connectivity index (χ4n) is 3.91. The van der Waals surface area contributed by atoms with E-state index in [9.17, 15) is 15.8 Å². The fraction of sp³-hybridized carbons (Fsp3) is 0.316. The molecule has 1 unspecified atom stereocenters. The van der Waals surface area contributed by atoms with Crippen molar-refractivity contribution < 1.29 is 0 Å². The molecule has 0 bridgehead atoms. The Labute approximate surface area is 135 Å². The molecule has 112 valence electrons.